The zero-order chi connectivity index (χ0) is 18.9. The summed E-state index contributed by atoms with van der Waals surface area (Å²) in [4.78, 5) is 17.4. The Labute approximate surface area is 152 Å². The second-order valence-corrected chi connectivity index (χ2v) is 6.86. The van der Waals surface area contributed by atoms with Gasteiger partial charge in [-0.15, -0.1) is 0 Å². The molecule has 1 N–H and O–H groups in total. The van der Waals surface area contributed by atoms with Crippen molar-refractivity contribution in [2.45, 2.75) is 31.9 Å². The lowest BCUT2D eigenvalue weighted by Gasteiger charge is -2.34. The van der Waals surface area contributed by atoms with Gasteiger partial charge in [-0.1, -0.05) is 18.2 Å². The van der Waals surface area contributed by atoms with Crippen LogP contribution in [0.1, 0.15) is 53.4 Å². The highest BCUT2D eigenvalue weighted by molar-refractivity contribution is 6.17. The van der Waals surface area contributed by atoms with Crippen LogP contribution in [0, 0.1) is 11.3 Å². The number of Topliss-reactive ketones (excluding diaryl/α,β-unsaturated/α-hetero) is 1. The number of aliphatic hydroxyl groups excluding tert-OH is 1. The Bertz CT molecular complexity index is 921. The van der Waals surface area contributed by atoms with Gasteiger partial charge in [0.25, 0.3) is 0 Å². The summed E-state index contributed by atoms with van der Waals surface area (Å²) in [7, 11) is 1.57. The minimum atomic E-state index is -0.753. The lowest BCUT2D eigenvalue weighted by Crippen LogP contribution is -2.34. The molecule has 3 rings (SSSR count). The van der Waals surface area contributed by atoms with Crippen molar-refractivity contribution in [1.82, 2.24) is 0 Å². The maximum atomic E-state index is 12.7. The number of carbonyl (C=O) groups excluding carboxylic acids is 1. The maximum Gasteiger partial charge on any atom is 0.168 e. The molecule has 5 heteroatoms. The first-order valence-electron chi connectivity index (χ1n) is 8.34. The number of hydrogen-bond acceptors (Lipinski definition) is 5. The van der Waals surface area contributed by atoms with Crippen molar-refractivity contribution in [1.29, 1.82) is 5.26 Å². The molecule has 26 heavy (non-hydrogen) atoms. The average Bonchev–Trinajstić information content (AvgIpc) is 2.65. The number of aliphatic hydroxyl groups is 1. The molecular formula is C21H20N2O3. The highest BCUT2D eigenvalue weighted by Crippen LogP contribution is 2.38. The van der Waals surface area contributed by atoms with E-state index in [-0.39, 0.29) is 12.2 Å². The number of fused-ring (bicyclic) bond motifs is 1. The third-order valence-electron chi connectivity index (χ3n) is 4.62. The normalized spacial score (nSPS) is 17.7. The van der Waals surface area contributed by atoms with Crippen LogP contribution >= 0.6 is 0 Å². The minimum absolute atomic E-state index is 0.0887. The van der Waals surface area contributed by atoms with Gasteiger partial charge in [0, 0.05) is 11.1 Å². The highest BCUT2D eigenvalue weighted by Gasteiger charge is 2.36. The van der Waals surface area contributed by atoms with Gasteiger partial charge in [0.2, 0.25) is 0 Å². The number of nitriles is 1. The number of carbonyl (C=O) groups is 1. The number of benzene rings is 2. The molecule has 0 saturated heterocycles. The van der Waals surface area contributed by atoms with Crippen LogP contribution in [0.25, 0.3) is 0 Å². The van der Waals surface area contributed by atoms with E-state index in [2.05, 4.69) is 4.99 Å². The molecule has 0 saturated carbocycles. The van der Waals surface area contributed by atoms with Crippen molar-refractivity contribution in [3.8, 4) is 11.8 Å². The Hall–Kier alpha value is -2.97. The van der Waals surface area contributed by atoms with Crippen LogP contribution in [-0.2, 0) is 0 Å². The molecule has 5 nitrogen and oxygen atoms in total. The van der Waals surface area contributed by atoms with E-state index in [0.29, 0.717) is 22.6 Å². The Kier molecular flexibility index (Phi) is 4.62. The Balaban J connectivity index is 1.97. The van der Waals surface area contributed by atoms with Gasteiger partial charge in [-0.05, 0) is 43.7 Å². The van der Waals surface area contributed by atoms with Gasteiger partial charge in [0.15, 0.2) is 5.78 Å². The van der Waals surface area contributed by atoms with Gasteiger partial charge in [-0.2, -0.15) is 5.26 Å². The predicted molar refractivity (Wildman–Crippen MR) is 98.7 cm³/mol. The molecule has 1 aliphatic rings. The van der Waals surface area contributed by atoms with E-state index in [0.717, 1.165) is 11.1 Å². The van der Waals surface area contributed by atoms with Crippen molar-refractivity contribution in [3.63, 3.8) is 0 Å². The van der Waals surface area contributed by atoms with E-state index < -0.39 is 11.6 Å². The van der Waals surface area contributed by atoms with Crippen LogP contribution in [0.2, 0.25) is 0 Å². The molecule has 1 heterocycles. The van der Waals surface area contributed by atoms with Crippen LogP contribution in [0.15, 0.2) is 47.5 Å². The number of ketones is 1. The fourth-order valence-electron chi connectivity index (χ4n) is 3.12. The molecule has 1 unspecified atom stereocenters. The summed E-state index contributed by atoms with van der Waals surface area (Å²) >= 11 is 0. The summed E-state index contributed by atoms with van der Waals surface area (Å²) in [5.74, 6) is 0.559. The smallest absolute Gasteiger partial charge is 0.168 e. The average molecular weight is 348 g/mol. The maximum absolute atomic E-state index is 12.7. The van der Waals surface area contributed by atoms with E-state index in [4.69, 9.17) is 10.00 Å². The number of aliphatic imine (C=N–C) groups is 1. The van der Waals surface area contributed by atoms with Gasteiger partial charge >= 0.3 is 0 Å². The van der Waals surface area contributed by atoms with Crippen molar-refractivity contribution in [2.24, 2.45) is 4.99 Å². The molecule has 0 bridgehead atoms. The van der Waals surface area contributed by atoms with E-state index in [1.165, 1.54) is 0 Å². The summed E-state index contributed by atoms with van der Waals surface area (Å²) < 4.78 is 5.28. The summed E-state index contributed by atoms with van der Waals surface area (Å²) in [6.07, 6.45) is -0.639. The molecule has 0 aromatic heterocycles. The highest BCUT2D eigenvalue weighted by atomic mass is 16.5. The summed E-state index contributed by atoms with van der Waals surface area (Å²) in [6.45, 7) is 3.69. The lowest BCUT2D eigenvalue weighted by molar-refractivity contribution is 0.0982. The standard InChI is InChI=1S/C21H20N2O3/c1-21(2)20(25)16-9-8-15(26-3)10-17(16)18(23-21)11-19(24)14-6-4-13(12-22)5-7-14/h4-10,20,25H,11H2,1-3H3. The van der Waals surface area contributed by atoms with Crippen molar-refractivity contribution < 1.29 is 14.6 Å². The van der Waals surface area contributed by atoms with Gasteiger partial charge in [-0.25, -0.2) is 0 Å². The first-order chi connectivity index (χ1) is 12.4. The van der Waals surface area contributed by atoms with Crippen LogP contribution in [0.4, 0.5) is 0 Å². The van der Waals surface area contributed by atoms with Crippen molar-refractivity contribution in [3.05, 3.63) is 64.7 Å². The first-order valence-corrected chi connectivity index (χ1v) is 8.34. The van der Waals surface area contributed by atoms with E-state index >= 15 is 0 Å². The summed E-state index contributed by atoms with van der Waals surface area (Å²) in [5.41, 5.74) is 2.42. The molecule has 1 aliphatic heterocycles. The molecule has 2 aromatic rings. The Morgan fingerprint density at radius 1 is 1.27 bits per heavy atom. The summed E-state index contributed by atoms with van der Waals surface area (Å²) in [5, 5.41) is 19.5. The number of methoxy groups -OCH3 is 1. The lowest BCUT2D eigenvalue weighted by atomic mass is 9.82. The molecule has 0 radical (unpaired) electrons. The van der Waals surface area contributed by atoms with E-state index in [1.807, 2.05) is 26.0 Å². The molecule has 1 atom stereocenters. The Morgan fingerprint density at radius 2 is 1.96 bits per heavy atom. The molecule has 0 amide bonds. The van der Waals surface area contributed by atoms with Crippen LogP contribution in [0.3, 0.4) is 0 Å². The van der Waals surface area contributed by atoms with Crippen LogP contribution in [-0.4, -0.2) is 29.3 Å². The fourth-order valence-corrected chi connectivity index (χ4v) is 3.12. The van der Waals surface area contributed by atoms with Crippen molar-refractivity contribution >= 4 is 11.5 Å². The Morgan fingerprint density at radius 3 is 2.58 bits per heavy atom. The van der Waals surface area contributed by atoms with Crippen LogP contribution in [0.5, 0.6) is 5.75 Å². The van der Waals surface area contributed by atoms with Gasteiger partial charge in [-0.3, -0.25) is 9.79 Å². The second-order valence-electron chi connectivity index (χ2n) is 6.86. The van der Waals surface area contributed by atoms with Crippen LogP contribution < -0.4 is 4.74 Å². The molecular weight excluding hydrogens is 328 g/mol. The molecule has 2 aromatic carbocycles. The molecule has 0 fully saturated rings. The predicted octanol–water partition coefficient (Wildman–Crippen LogP) is 3.45. The zero-order valence-electron chi connectivity index (χ0n) is 15.0. The minimum Gasteiger partial charge on any atom is -0.497 e. The van der Waals surface area contributed by atoms with E-state index in [1.54, 1.807) is 43.5 Å². The van der Waals surface area contributed by atoms with E-state index in [9.17, 15) is 9.90 Å². The first kappa shape index (κ1) is 17.8. The molecule has 0 spiro atoms. The molecule has 0 aliphatic carbocycles. The van der Waals surface area contributed by atoms with Gasteiger partial charge in [0.1, 0.15) is 11.9 Å². The number of hydrogen-bond donors (Lipinski definition) is 1. The largest absolute Gasteiger partial charge is 0.497 e. The van der Waals surface area contributed by atoms with Crippen molar-refractivity contribution in [2.75, 3.05) is 7.11 Å². The summed E-state index contributed by atoms with van der Waals surface area (Å²) in [6, 6.07) is 14.0. The van der Waals surface area contributed by atoms with Gasteiger partial charge in [0.05, 0.1) is 36.4 Å². The molecule has 132 valence electrons. The van der Waals surface area contributed by atoms with Gasteiger partial charge < -0.3 is 9.84 Å². The fraction of sp³-hybridized carbons (Fsp3) is 0.286. The SMILES string of the molecule is COc1ccc2c(c1)C(CC(=O)c1ccc(C#N)cc1)=NC(C)(C)C2O. The number of ether oxygens (including phenoxy) is 1. The third kappa shape index (κ3) is 3.24. The number of nitrogens with zero attached hydrogens (tertiary/aromatic N) is 2. The third-order valence-corrected chi connectivity index (χ3v) is 4.62. The quantitative estimate of drug-likeness (QED) is 0.858. The second kappa shape index (κ2) is 6.74. The monoisotopic (exact) mass is 348 g/mol. The topological polar surface area (TPSA) is 82.7 Å². The zero-order valence-corrected chi connectivity index (χ0v) is 15.0. The number of rotatable bonds is 4.